The molecule has 0 spiro atoms. The highest BCUT2D eigenvalue weighted by Crippen LogP contribution is 2.18. The zero-order chi connectivity index (χ0) is 9.78. The van der Waals surface area contributed by atoms with Crippen LogP contribution in [0.1, 0.15) is 0 Å². The quantitative estimate of drug-likeness (QED) is 0.445. The molecule has 0 rings (SSSR count). The van der Waals surface area contributed by atoms with E-state index in [-0.39, 0.29) is 8.96 Å². The molecule has 0 amide bonds. The zero-order valence-corrected chi connectivity index (χ0v) is 9.75. The van der Waals surface area contributed by atoms with Gasteiger partial charge in [-0.25, -0.2) is 0 Å². The average molecular weight is 227 g/mol. The molecule has 1 unspecified atom stereocenters. The van der Waals surface area contributed by atoms with Crippen molar-refractivity contribution in [3.63, 3.8) is 0 Å². The van der Waals surface area contributed by atoms with E-state index in [2.05, 4.69) is 4.52 Å². The Hall–Kier alpha value is 0.370. The Labute approximate surface area is 82.0 Å². The van der Waals surface area contributed by atoms with Crippen molar-refractivity contribution in [3.05, 3.63) is 0 Å². The van der Waals surface area contributed by atoms with Crippen molar-refractivity contribution in [1.82, 2.24) is 0 Å². The summed E-state index contributed by atoms with van der Waals surface area (Å²) in [6, 6.07) is 0. The SMILES string of the molecule is COCCOCCOP=NPOC. The van der Waals surface area contributed by atoms with Crippen LogP contribution in [0.5, 0.6) is 0 Å². The van der Waals surface area contributed by atoms with Crippen LogP contribution in [0.15, 0.2) is 4.52 Å². The van der Waals surface area contributed by atoms with Crippen molar-refractivity contribution in [2.75, 3.05) is 40.6 Å². The molecule has 0 saturated heterocycles. The summed E-state index contributed by atoms with van der Waals surface area (Å²) in [7, 11) is 4.00. The standard InChI is InChI=1S/C6H15NO4P2/c1-8-3-4-10-5-6-11-13-7-12-9-2/h12H,3-6H2,1-2H3. The molecule has 0 aliphatic carbocycles. The summed E-state index contributed by atoms with van der Waals surface area (Å²) in [4.78, 5) is 0. The number of ether oxygens (including phenoxy) is 2. The number of methoxy groups -OCH3 is 1. The van der Waals surface area contributed by atoms with E-state index in [1.54, 1.807) is 14.2 Å². The van der Waals surface area contributed by atoms with Crippen LogP contribution < -0.4 is 0 Å². The fraction of sp³-hybridized carbons (Fsp3) is 1.00. The van der Waals surface area contributed by atoms with Gasteiger partial charge in [-0.3, -0.25) is 0 Å². The van der Waals surface area contributed by atoms with E-state index in [9.17, 15) is 0 Å². The van der Waals surface area contributed by atoms with Crippen molar-refractivity contribution in [2.24, 2.45) is 4.52 Å². The lowest BCUT2D eigenvalue weighted by Crippen LogP contribution is -2.05. The summed E-state index contributed by atoms with van der Waals surface area (Å²) in [5, 5.41) is 0. The number of hydrogen-bond acceptors (Lipinski definition) is 5. The molecule has 78 valence electrons. The van der Waals surface area contributed by atoms with E-state index in [1.807, 2.05) is 0 Å². The Morgan fingerprint density at radius 1 is 1.15 bits per heavy atom. The van der Waals surface area contributed by atoms with Crippen molar-refractivity contribution in [1.29, 1.82) is 0 Å². The molecular weight excluding hydrogens is 212 g/mol. The molecule has 0 fully saturated rings. The summed E-state index contributed by atoms with van der Waals surface area (Å²) in [6.45, 7) is 2.34. The van der Waals surface area contributed by atoms with Crippen LogP contribution in [0.4, 0.5) is 0 Å². The normalized spacial score (nSPS) is 12.2. The largest absolute Gasteiger partial charge is 0.382 e. The second-order valence-corrected chi connectivity index (χ2v) is 3.73. The van der Waals surface area contributed by atoms with Gasteiger partial charge in [0.15, 0.2) is 8.60 Å². The van der Waals surface area contributed by atoms with Crippen LogP contribution in [0.3, 0.4) is 0 Å². The third kappa shape index (κ3) is 12.4. The van der Waals surface area contributed by atoms with Gasteiger partial charge >= 0.3 is 0 Å². The minimum Gasteiger partial charge on any atom is -0.382 e. The minimum atomic E-state index is 0.154. The predicted octanol–water partition coefficient (Wildman–Crippen LogP) is 1.87. The van der Waals surface area contributed by atoms with Gasteiger partial charge in [-0.1, -0.05) is 0 Å². The highest BCUT2D eigenvalue weighted by atomic mass is 31.1. The van der Waals surface area contributed by atoms with E-state index in [1.165, 1.54) is 0 Å². The molecule has 0 bridgehead atoms. The first-order chi connectivity index (χ1) is 6.41. The van der Waals surface area contributed by atoms with Gasteiger partial charge in [0.05, 0.1) is 26.4 Å². The molecule has 7 heteroatoms. The molecule has 0 aliphatic rings. The van der Waals surface area contributed by atoms with Crippen molar-refractivity contribution in [3.8, 4) is 0 Å². The van der Waals surface area contributed by atoms with Crippen LogP contribution in [0.25, 0.3) is 0 Å². The minimum absolute atomic E-state index is 0.154. The third-order valence-electron chi connectivity index (χ3n) is 0.981. The molecule has 0 N–H and O–H groups in total. The molecule has 0 radical (unpaired) electrons. The maximum atomic E-state index is 5.16. The highest BCUT2D eigenvalue weighted by molar-refractivity contribution is 7.39. The fourth-order valence-corrected chi connectivity index (χ4v) is 1.31. The number of nitrogens with zero attached hydrogens (tertiary/aromatic N) is 1. The summed E-state index contributed by atoms with van der Waals surface area (Å²) in [5.74, 6) is 0. The lowest BCUT2D eigenvalue weighted by molar-refractivity contribution is 0.0572. The summed E-state index contributed by atoms with van der Waals surface area (Å²) in [6.07, 6.45) is 0. The van der Waals surface area contributed by atoms with Gasteiger partial charge in [-0.2, -0.15) is 4.52 Å². The Morgan fingerprint density at radius 2 is 1.92 bits per heavy atom. The second kappa shape index (κ2) is 12.4. The summed E-state index contributed by atoms with van der Waals surface area (Å²) < 4.78 is 23.7. The van der Waals surface area contributed by atoms with E-state index < -0.39 is 0 Å². The van der Waals surface area contributed by atoms with E-state index in [4.69, 9.17) is 18.5 Å². The smallest absolute Gasteiger partial charge is 0.178 e. The monoisotopic (exact) mass is 227 g/mol. The van der Waals surface area contributed by atoms with Gasteiger partial charge in [0.25, 0.3) is 0 Å². The maximum Gasteiger partial charge on any atom is 0.178 e. The molecule has 5 nitrogen and oxygen atoms in total. The van der Waals surface area contributed by atoms with Crippen molar-refractivity contribution >= 4 is 17.6 Å². The summed E-state index contributed by atoms with van der Waals surface area (Å²) in [5.41, 5.74) is 0. The van der Waals surface area contributed by atoms with E-state index >= 15 is 0 Å². The number of rotatable bonds is 9. The van der Waals surface area contributed by atoms with Crippen LogP contribution in [-0.2, 0) is 18.5 Å². The van der Waals surface area contributed by atoms with Crippen molar-refractivity contribution in [2.45, 2.75) is 0 Å². The number of hydrogen-bond donors (Lipinski definition) is 0. The van der Waals surface area contributed by atoms with Gasteiger partial charge in [0.1, 0.15) is 8.96 Å². The van der Waals surface area contributed by atoms with Gasteiger partial charge < -0.3 is 18.5 Å². The highest BCUT2D eigenvalue weighted by Gasteiger charge is 1.87. The molecule has 0 aliphatic heterocycles. The second-order valence-electron chi connectivity index (χ2n) is 1.92. The van der Waals surface area contributed by atoms with Crippen LogP contribution in [0, 0.1) is 0 Å². The zero-order valence-electron chi connectivity index (χ0n) is 7.86. The maximum absolute atomic E-state index is 5.16. The van der Waals surface area contributed by atoms with Gasteiger partial charge in [0.2, 0.25) is 0 Å². The fourth-order valence-electron chi connectivity index (χ4n) is 0.468. The lowest BCUT2D eigenvalue weighted by Gasteiger charge is -2.00. The first kappa shape index (κ1) is 13.4. The van der Waals surface area contributed by atoms with Crippen LogP contribution in [0.2, 0.25) is 0 Å². The first-order valence-corrected chi connectivity index (χ1v) is 5.40. The van der Waals surface area contributed by atoms with Crippen LogP contribution >= 0.6 is 17.6 Å². The Kier molecular flexibility index (Phi) is 12.7. The molecule has 0 heterocycles. The first-order valence-electron chi connectivity index (χ1n) is 3.78. The average Bonchev–Trinajstić information content (AvgIpc) is 2.16. The molecule has 1 atom stereocenters. The Balaban J connectivity index is 2.91. The van der Waals surface area contributed by atoms with Gasteiger partial charge in [-0.15, -0.1) is 0 Å². The third-order valence-corrected chi connectivity index (χ3v) is 2.12. The molecule has 13 heavy (non-hydrogen) atoms. The Morgan fingerprint density at radius 3 is 2.62 bits per heavy atom. The van der Waals surface area contributed by atoms with Crippen LogP contribution in [-0.4, -0.2) is 40.6 Å². The molecule has 0 aromatic heterocycles. The molecule has 0 saturated carbocycles. The molecular formula is C6H15NO4P2. The van der Waals surface area contributed by atoms with Crippen molar-refractivity contribution < 1.29 is 18.5 Å². The Bertz CT molecular complexity index is 125. The lowest BCUT2D eigenvalue weighted by atomic mass is 10.7. The molecule has 0 aromatic carbocycles. The molecule has 0 aromatic rings. The van der Waals surface area contributed by atoms with E-state index in [0.717, 1.165) is 0 Å². The summed E-state index contributed by atoms with van der Waals surface area (Å²) >= 11 is 0. The van der Waals surface area contributed by atoms with E-state index in [0.29, 0.717) is 35.0 Å². The van der Waals surface area contributed by atoms with Gasteiger partial charge in [0, 0.05) is 14.2 Å². The topological polar surface area (TPSA) is 49.3 Å². The predicted molar refractivity (Wildman–Crippen MR) is 53.3 cm³/mol. The van der Waals surface area contributed by atoms with Gasteiger partial charge in [-0.05, 0) is 0 Å².